The lowest BCUT2D eigenvalue weighted by Crippen LogP contribution is -2.36. The van der Waals surface area contributed by atoms with Gasteiger partial charge in [-0.1, -0.05) is 12.1 Å². The van der Waals surface area contributed by atoms with Crippen molar-refractivity contribution in [3.8, 4) is 28.0 Å². The zero-order valence-corrected chi connectivity index (χ0v) is 27.1. The average Bonchev–Trinajstić information content (AvgIpc) is 3.80. The number of alkyl halides is 6. The van der Waals surface area contributed by atoms with Crippen molar-refractivity contribution < 1.29 is 50.5 Å². The number of amides is 1. The Labute approximate surface area is 282 Å². The molecular weight excluding hydrogens is 670 g/mol. The molecule has 1 N–H and O–H groups in total. The van der Waals surface area contributed by atoms with Crippen LogP contribution in [0.4, 0.5) is 37.1 Å². The Hall–Kier alpha value is -5.34. The number of anilines is 1. The SMILES string of the molecule is COc1ccc(-c2ccc(C(=O)O)cc2C)cc1-c1cnc(N(C)C)nc1CN1C(=O)O[C@H](c2cc(C(F)(F)F)cc(C(F)(F)F)c2)C12CC2. The van der Waals surface area contributed by atoms with Crippen molar-refractivity contribution >= 4 is 18.0 Å². The minimum Gasteiger partial charge on any atom is -0.496 e. The lowest BCUT2D eigenvalue weighted by Gasteiger charge is -2.26. The van der Waals surface area contributed by atoms with Gasteiger partial charge in [0.25, 0.3) is 0 Å². The van der Waals surface area contributed by atoms with E-state index in [4.69, 9.17) is 14.5 Å². The summed E-state index contributed by atoms with van der Waals surface area (Å²) in [6.07, 6.45) is -10.4. The van der Waals surface area contributed by atoms with E-state index in [9.17, 15) is 41.0 Å². The van der Waals surface area contributed by atoms with E-state index in [0.29, 0.717) is 45.8 Å². The second-order valence-electron chi connectivity index (χ2n) is 12.5. The molecule has 2 heterocycles. The predicted molar refractivity (Wildman–Crippen MR) is 169 cm³/mol. The fraction of sp³-hybridized carbons (Fsp3) is 0.314. The van der Waals surface area contributed by atoms with Crippen LogP contribution in [0.5, 0.6) is 5.75 Å². The molecule has 3 aromatic carbocycles. The van der Waals surface area contributed by atoms with Crippen LogP contribution in [-0.2, 0) is 23.6 Å². The number of methoxy groups -OCH3 is 1. The molecule has 1 aromatic heterocycles. The van der Waals surface area contributed by atoms with E-state index in [0.717, 1.165) is 5.56 Å². The normalized spacial score (nSPS) is 16.8. The number of hydrogen-bond acceptors (Lipinski definition) is 7. The number of benzene rings is 3. The summed E-state index contributed by atoms with van der Waals surface area (Å²) in [6, 6.07) is 11.3. The quantitative estimate of drug-likeness (QED) is 0.184. The van der Waals surface area contributed by atoms with Crippen LogP contribution in [0.2, 0.25) is 0 Å². The summed E-state index contributed by atoms with van der Waals surface area (Å²) in [7, 11) is 4.88. The molecule has 1 amide bonds. The lowest BCUT2D eigenvalue weighted by atomic mass is 9.93. The molecule has 1 aliphatic heterocycles. The number of carbonyl (C=O) groups is 2. The number of carboxylic acid groups (broad SMARTS) is 1. The fourth-order valence-corrected chi connectivity index (χ4v) is 6.31. The fourth-order valence-electron chi connectivity index (χ4n) is 6.31. The van der Waals surface area contributed by atoms with Crippen LogP contribution in [0.3, 0.4) is 0 Å². The van der Waals surface area contributed by atoms with E-state index in [1.165, 1.54) is 18.1 Å². The molecule has 1 saturated carbocycles. The van der Waals surface area contributed by atoms with Crippen molar-refractivity contribution in [3.05, 3.63) is 94.3 Å². The summed E-state index contributed by atoms with van der Waals surface area (Å²) < 4.78 is 93.5. The smallest absolute Gasteiger partial charge is 0.416 e. The van der Waals surface area contributed by atoms with Crippen LogP contribution >= 0.6 is 0 Å². The van der Waals surface area contributed by atoms with Crippen LogP contribution < -0.4 is 9.64 Å². The Balaban J connectivity index is 1.43. The number of carboxylic acids is 1. The van der Waals surface area contributed by atoms with Gasteiger partial charge in [0.15, 0.2) is 6.10 Å². The largest absolute Gasteiger partial charge is 0.496 e. The van der Waals surface area contributed by atoms with Gasteiger partial charge in [0, 0.05) is 31.4 Å². The molecule has 0 unspecified atom stereocenters. The summed E-state index contributed by atoms with van der Waals surface area (Å²) in [4.78, 5) is 37.1. The second-order valence-corrected chi connectivity index (χ2v) is 12.5. The van der Waals surface area contributed by atoms with Gasteiger partial charge in [-0.25, -0.2) is 19.6 Å². The first-order valence-corrected chi connectivity index (χ1v) is 15.3. The van der Waals surface area contributed by atoms with Gasteiger partial charge in [-0.3, -0.25) is 4.90 Å². The molecule has 1 aliphatic carbocycles. The van der Waals surface area contributed by atoms with Gasteiger partial charge < -0.3 is 19.5 Å². The molecule has 6 rings (SSSR count). The van der Waals surface area contributed by atoms with Crippen molar-refractivity contribution in [1.29, 1.82) is 0 Å². The number of rotatable bonds is 8. The number of carbonyl (C=O) groups excluding carboxylic acids is 1. The molecule has 262 valence electrons. The number of hydrogen-bond donors (Lipinski definition) is 1. The minimum atomic E-state index is -5.07. The van der Waals surface area contributed by atoms with E-state index in [1.807, 2.05) is 0 Å². The number of nitrogens with zero attached hydrogens (tertiary/aromatic N) is 4. The maximum atomic E-state index is 13.7. The van der Waals surface area contributed by atoms with Gasteiger partial charge in [-0.15, -0.1) is 0 Å². The molecule has 1 saturated heterocycles. The highest BCUT2D eigenvalue weighted by atomic mass is 19.4. The molecule has 2 aliphatic rings. The van der Waals surface area contributed by atoms with E-state index < -0.39 is 52.7 Å². The topological polar surface area (TPSA) is 105 Å². The van der Waals surface area contributed by atoms with Gasteiger partial charge in [-0.05, 0) is 84.5 Å². The number of cyclic esters (lactones) is 1. The highest BCUT2D eigenvalue weighted by Crippen LogP contribution is 2.58. The van der Waals surface area contributed by atoms with E-state index >= 15 is 0 Å². The first-order chi connectivity index (χ1) is 23.4. The third-order valence-electron chi connectivity index (χ3n) is 8.98. The summed E-state index contributed by atoms with van der Waals surface area (Å²) in [6.45, 7) is 1.57. The monoisotopic (exact) mass is 700 g/mol. The molecule has 0 bridgehead atoms. The van der Waals surface area contributed by atoms with Gasteiger partial charge >= 0.3 is 24.4 Å². The second kappa shape index (κ2) is 12.2. The number of halogens is 6. The molecule has 50 heavy (non-hydrogen) atoms. The van der Waals surface area contributed by atoms with E-state index in [1.54, 1.807) is 62.4 Å². The molecule has 4 aromatic rings. The summed E-state index contributed by atoms with van der Waals surface area (Å²) in [5, 5.41) is 9.41. The maximum absolute atomic E-state index is 13.7. The molecule has 1 atom stereocenters. The number of aryl methyl sites for hydroxylation is 1. The maximum Gasteiger partial charge on any atom is 0.416 e. The molecular formula is C35H30F6N4O5. The first-order valence-electron chi connectivity index (χ1n) is 15.3. The van der Waals surface area contributed by atoms with Crippen molar-refractivity contribution in [2.45, 2.75) is 50.3 Å². The van der Waals surface area contributed by atoms with Crippen molar-refractivity contribution in [1.82, 2.24) is 14.9 Å². The number of aromatic carboxylic acids is 1. The van der Waals surface area contributed by atoms with Gasteiger partial charge in [0.05, 0.1) is 41.6 Å². The number of aromatic nitrogens is 2. The minimum absolute atomic E-state index is 0.0388. The highest BCUT2D eigenvalue weighted by Gasteiger charge is 2.63. The Bertz CT molecular complexity index is 1980. The molecule has 2 fully saturated rings. The van der Waals surface area contributed by atoms with E-state index in [2.05, 4.69) is 4.98 Å². The van der Waals surface area contributed by atoms with Crippen LogP contribution in [0.15, 0.2) is 60.8 Å². The van der Waals surface area contributed by atoms with Gasteiger partial charge in [0.2, 0.25) is 5.95 Å². The zero-order valence-electron chi connectivity index (χ0n) is 27.1. The molecule has 15 heteroatoms. The zero-order chi connectivity index (χ0) is 36.3. The average molecular weight is 701 g/mol. The number of ether oxygens (including phenoxy) is 2. The third-order valence-corrected chi connectivity index (χ3v) is 8.98. The molecule has 9 nitrogen and oxygen atoms in total. The predicted octanol–water partition coefficient (Wildman–Crippen LogP) is 8.16. The van der Waals surface area contributed by atoms with Crippen molar-refractivity contribution in [2.75, 3.05) is 26.1 Å². The van der Waals surface area contributed by atoms with Crippen LogP contribution in [-0.4, -0.2) is 58.8 Å². The van der Waals surface area contributed by atoms with Crippen LogP contribution in [0, 0.1) is 6.92 Å². The van der Waals surface area contributed by atoms with Crippen LogP contribution in [0.25, 0.3) is 22.3 Å². The third kappa shape index (κ3) is 6.27. The standard InChI is InChI=1S/C35H30F6N4O5/c1-18-11-20(30(46)47)5-7-24(18)19-6-8-28(49-4)25(14-19)26-16-42-31(44(2)3)43-27(26)17-45-32(48)50-29(33(45)9-10-33)21-12-22(34(36,37)38)15-23(13-21)35(39,40)41/h5-8,11-16,29H,9-10,17H2,1-4H3,(H,46,47)/t29-/m1/s1. The highest BCUT2D eigenvalue weighted by molar-refractivity contribution is 5.89. The Morgan fingerprint density at radius 3 is 2.18 bits per heavy atom. The van der Waals surface area contributed by atoms with Crippen LogP contribution in [0.1, 0.15) is 57.3 Å². The van der Waals surface area contributed by atoms with Crippen molar-refractivity contribution in [2.24, 2.45) is 0 Å². The first kappa shape index (κ1) is 34.5. The lowest BCUT2D eigenvalue weighted by molar-refractivity contribution is -0.143. The summed E-state index contributed by atoms with van der Waals surface area (Å²) in [5.41, 5.74) is -1.05. The van der Waals surface area contributed by atoms with Gasteiger partial charge in [-0.2, -0.15) is 26.3 Å². The summed E-state index contributed by atoms with van der Waals surface area (Å²) >= 11 is 0. The molecule has 1 spiro atoms. The Kier molecular flexibility index (Phi) is 8.43. The molecule has 0 radical (unpaired) electrons. The summed E-state index contributed by atoms with van der Waals surface area (Å²) in [5.74, 6) is -0.369. The van der Waals surface area contributed by atoms with E-state index in [-0.39, 0.29) is 37.0 Å². The van der Waals surface area contributed by atoms with Gasteiger partial charge in [0.1, 0.15) is 5.75 Å². The Morgan fingerprint density at radius 2 is 1.64 bits per heavy atom. The Morgan fingerprint density at radius 1 is 0.980 bits per heavy atom. The van der Waals surface area contributed by atoms with Crippen molar-refractivity contribution in [3.63, 3.8) is 0 Å².